The first-order valence-corrected chi connectivity index (χ1v) is 26.0. The largest absolute Gasteiger partial charge is 0.494 e. The molecule has 0 spiro atoms. The number of nitro benzene ring substituents is 2. The van der Waals surface area contributed by atoms with Crippen molar-refractivity contribution in [1.29, 1.82) is 0 Å². The number of para-hydroxylation sites is 2. The molecule has 2 saturated heterocycles. The molecule has 4 N–H and O–H groups in total. The third kappa shape index (κ3) is 14.2. The Hall–Kier alpha value is -10.5. The van der Waals surface area contributed by atoms with E-state index in [9.17, 15) is 29.8 Å². The third-order valence-corrected chi connectivity index (χ3v) is 13.4. The van der Waals surface area contributed by atoms with E-state index >= 15 is 0 Å². The minimum atomic E-state index is -0.546. The van der Waals surface area contributed by atoms with E-state index in [0.717, 1.165) is 63.7 Å². The monoisotopic (exact) mass is 1110 g/mol. The predicted octanol–water partition coefficient (Wildman–Crippen LogP) is 10.5. The fourth-order valence-electron chi connectivity index (χ4n) is 9.05. The van der Waals surface area contributed by atoms with Gasteiger partial charge in [0.2, 0.25) is 0 Å². The number of nitrogens with zero attached hydrogens (tertiary/aromatic N) is 12. The Kier molecular flexibility index (Phi) is 18.2. The Morgan fingerprint density at radius 2 is 0.976 bits per heavy atom. The molecule has 2 aliphatic heterocycles. The summed E-state index contributed by atoms with van der Waals surface area (Å²) in [4.78, 5) is 78.2. The van der Waals surface area contributed by atoms with Crippen LogP contribution in [0.1, 0.15) is 0 Å². The van der Waals surface area contributed by atoms with Crippen LogP contribution in [0, 0.1) is 20.2 Å². The average molecular weight is 1110 g/mol. The first kappa shape index (κ1) is 56.3. The van der Waals surface area contributed by atoms with Gasteiger partial charge in [0.25, 0.3) is 11.4 Å². The van der Waals surface area contributed by atoms with Crippen LogP contribution in [0.25, 0.3) is 0 Å². The molecule has 2 aliphatic rings. The first-order valence-electron chi connectivity index (χ1n) is 26.0. The number of rotatable bonds is 16. The van der Waals surface area contributed by atoms with Crippen molar-refractivity contribution in [1.82, 2.24) is 29.7 Å². The van der Waals surface area contributed by atoms with Crippen LogP contribution >= 0.6 is 0 Å². The van der Waals surface area contributed by atoms with Gasteiger partial charge in [0.05, 0.1) is 41.1 Å². The summed E-state index contributed by atoms with van der Waals surface area (Å²) in [6, 6.07) is 43.8. The maximum atomic E-state index is 13.8. The number of methoxy groups -OCH3 is 2. The van der Waals surface area contributed by atoms with Crippen LogP contribution in [0.15, 0.2) is 170 Å². The summed E-state index contributed by atoms with van der Waals surface area (Å²) in [6.45, 7) is 7.52. The highest BCUT2D eigenvalue weighted by Gasteiger charge is 2.27. The number of nitrogens with one attached hydrogen (secondary N) is 4. The molecule has 0 bridgehead atoms. The maximum Gasteiger partial charge on any atom is 0.332 e. The van der Waals surface area contributed by atoms with Crippen molar-refractivity contribution in [3.63, 3.8) is 0 Å². The fraction of sp³-hybridized carbons (Fsp3) is 0.207. The number of likely N-dealkylation sites (N-methyl/N-ethyl adjacent to an activating group) is 2. The van der Waals surface area contributed by atoms with Gasteiger partial charge in [0.1, 0.15) is 47.4 Å². The average Bonchev–Trinajstić information content (AvgIpc) is 3.67. The number of non-ortho nitro benzene ring substituents is 2. The summed E-state index contributed by atoms with van der Waals surface area (Å²) < 4.78 is 11.5. The molecule has 4 amide bonds. The van der Waals surface area contributed by atoms with Crippen molar-refractivity contribution >= 4 is 92.2 Å². The number of hydrogen-bond donors (Lipinski definition) is 4. The highest BCUT2D eigenvalue weighted by molar-refractivity contribution is 6.08. The number of anilines is 12. The van der Waals surface area contributed by atoms with E-state index in [0.29, 0.717) is 51.6 Å². The second-order valence-corrected chi connectivity index (χ2v) is 18.9. The number of carbonyl (C=O) groups excluding carboxylic acids is 2. The Morgan fingerprint density at radius 1 is 0.500 bits per heavy atom. The molecule has 0 unspecified atom stereocenters. The highest BCUT2D eigenvalue weighted by atomic mass is 16.6. The van der Waals surface area contributed by atoms with Crippen molar-refractivity contribution in [2.45, 2.75) is 0 Å². The van der Waals surface area contributed by atoms with Gasteiger partial charge in [-0.15, -0.1) is 0 Å². The number of benzene rings is 6. The van der Waals surface area contributed by atoms with Gasteiger partial charge in [-0.25, -0.2) is 39.3 Å². The van der Waals surface area contributed by atoms with Crippen LogP contribution in [0.2, 0.25) is 0 Å². The molecular weight excluding hydrogens is 1050 g/mol. The smallest absolute Gasteiger partial charge is 0.332 e. The molecule has 24 nitrogen and oxygen atoms in total. The van der Waals surface area contributed by atoms with Gasteiger partial charge in [0.15, 0.2) is 0 Å². The second kappa shape index (κ2) is 26.5. The lowest BCUT2D eigenvalue weighted by Crippen LogP contribution is -2.44. The number of aromatic nitrogens is 4. The second-order valence-electron chi connectivity index (χ2n) is 18.9. The van der Waals surface area contributed by atoms with Crippen molar-refractivity contribution in [2.75, 3.05) is 122 Å². The van der Waals surface area contributed by atoms with E-state index in [2.05, 4.69) is 74.9 Å². The van der Waals surface area contributed by atoms with E-state index in [1.165, 1.54) is 52.8 Å². The minimum Gasteiger partial charge on any atom is -0.494 e. The molecule has 10 rings (SSSR count). The van der Waals surface area contributed by atoms with Crippen molar-refractivity contribution in [3.8, 4) is 11.5 Å². The van der Waals surface area contributed by atoms with Gasteiger partial charge >= 0.3 is 12.1 Å². The van der Waals surface area contributed by atoms with Crippen LogP contribution in [0.3, 0.4) is 0 Å². The number of piperazine rings is 2. The van der Waals surface area contributed by atoms with Crippen LogP contribution in [0.4, 0.5) is 89.7 Å². The number of ether oxygens (including phenoxy) is 2. The molecular formula is C58H60N16O8. The zero-order valence-corrected chi connectivity index (χ0v) is 45.5. The van der Waals surface area contributed by atoms with E-state index < -0.39 is 21.9 Å². The lowest BCUT2D eigenvalue weighted by Gasteiger charge is -2.34. The lowest BCUT2D eigenvalue weighted by molar-refractivity contribution is -0.385. The lowest BCUT2D eigenvalue weighted by atomic mass is 10.2. The van der Waals surface area contributed by atoms with Crippen molar-refractivity contribution in [2.24, 2.45) is 0 Å². The van der Waals surface area contributed by atoms with Crippen LogP contribution in [0.5, 0.6) is 11.5 Å². The summed E-state index contributed by atoms with van der Waals surface area (Å²) in [7, 11) is 7.40. The molecule has 6 aromatic carbocycles. The molecule has 24 heteroatoms. The zero-order valence-electron chi connectivity index (χ0n) is 45.5. The van der Waals surface area contributed by atoms with Gasteiger partial charge in [-0.3, -0.25) is 20.2 Å². The molecule has 2 aromatic heterocycles. The SMILES string of the molecule is COc1cc(N2CCN(C)CC2)ccc1N(C(=O)Nc1ccccc1)c1cc(Nc2cccc([N+](=O)[O-])c2)ncn1.COc1cc(N2CCN(C)CC2)ccc1Nc1cc(N(C(=O)Nc2ccccc2)c2cccc([N+](=O)[O-])c2)ncn1. The summed E-state index contributed by atoms with van der Waals surface area (Å²) in [5.41, 5.74) is 4.94. The third-order valence-electron chi connectivity index (χ3n) is 13.4. The molecule has 0 atom stereocenters. The Balaban J connectivity index is 0.000000198. The van der Waals surface area contributed by atoms with Crippen LogP contribution in [-0.2, 0) is 0 Å². The van der Waals surface area contributed by atoms with Gasteiger partial charge in [-0.1, -0.05) is 48.5 Å². The van der Waals surface area contributed by atoms with Crippen molar-refractivity contribution < 1.29 is 28.9 Å². The van der Waals surface area contributed by atoms with Gasteiger partial charge in [0, 0.05) is 129 Å². The summed E-state index contributed by atoms with van der Waals surface area (Å²) in [5, 5.41) is 34.7. The Bertz CT molecular complexity index is 3510. The maximum absolute atomic E-state index is 13.8. The van der Waals surface area contributed by atoms with E-state index in [-0.39, 0.29) is 28.7 Å². The number of carbonyl (C=O) groups is 2. The van der Waals surface area contributed by atoms with Gasteiger partial charge in [-0.05, 0) is 74.8 Å². The normalized spacial score (nSPS) is 13.4. The van der Waals surface area contributed by atoms with E-state index in [4.69, 9.17) is 9.47 Å². The fourth-order valence-corrected chi connectivity index (χ4v) is 9.05. The standard InChI is InChI=1S/2C29H30N8O4/c1-34-13-15-35(16-14-34)22-11-12-25(26(18-22)41-2)33-27-19-28(31-20-30-27)36(23-9-6-10-24(17-23)37(39)40)29(38)32-21-7-4-3-5-8-21;1-34-13-15-35(16-14-34)23-11-12-25(26(18-23)41-2)36(29(38)33-21-7-4-3-5-8-21)28-19-27(30-20-31-28)32-22-9-6-10-24(17-22)37(39)40/h3-12,17-20H,13-16H2,1-2H3,(H,32,38)(H,30,31,33);3-12,17-20H,13-16H2,1-2H3,(H,33,38)(H,30,31,32). The highest BCUT2D eigenvalue weighted by Crippen LogP contribution is 2.39. The molecule has 420 valence electrons. The Morgan fingerprint density at radius 3 is 1.52 bits per heavy atom. The number of nitro groups is 2. The molecule has 0 radical (unpaired) electrons. The zero-order chi connectivity index (χ0) is 57.5. The van der Waals surface area contributed by atoms with E-state index in [1.807, 2.05) is 60.7 Å². The van der Waals surface area contributed by atoms with Crippen LogP contribution < -0.4 is 50.3 Å². The van der Waals surface area contributed by atoms with E-state index in [1.54, 1.807) is 80.9 Å². The summed E-state index contributed by atoms with van der Waals surface area (Å²) >= 11 is 0. The van der Waals surface area contributed by atoms with Crippen LogP contribution in [-0.4, -0.2) is 132 Å². The topological polar surface area (TPSA) is 258 Å². The molecule has 0 aliphatic carbocycles. The number of hydrogen-bond acceptors (Lipinski definition) is 18. The number of urea groups is 2. The quantitative estimate of drug-likeness (QED) is 0.0518. The predicted molar refractivity (Wildman–Crippen MR) is 317 cm³/mol. The molecule has 8 aromatic rings. The molecule has 2 fully saturated rings. The first-order chi connectivity index (χ1) is 39.8. The summed E-state index contributed by atoms with van der Waals surface area (Å²) in [6.07, 6.45) is 2.64. The van der Waals surface area contributed by atoms with Gasteiger partial charge in [-0.2, -0.15) is 0 Å². The minimum absolute atomic E-state index is 0.0571. The summed E-state index contributed by atoms with van der Waals surface area (Å²) in [5.74, 6) is 2.37. The van der Waals surface area contributed by atoms with Gasteiger partial charge < -0.3 is 50.3 Å². The number of amides is 4. The molecule has 4 heterocycles. The molecule has 0 saturated carbocycles. The van der Waals surface area contributed by atoms with Crippen molar-refractivity contribution in [3.05, 3.63) is 191 Å². The molecule has 82 heavy (non-hydrogen) atoms. The Labute approximate surface area is 472 Å².